The molecule has 0 aliphatic heterocycles. The van der Waals surface area contributed by atoms with Gasteiger partial charge in [-0.2, -0.15) is 0 Å². The third-order valence-corrected chi connectivity index (χ3v) is 1.96. The van der Waals surface area contributed by atoms with Gasteiger partial charge in [0.15, 0.2) is 0 Å². The zero-order valence-electron chi connectivity index (χ0n) is 8.90. The van der Waals surface area contributed by atoms with Crippen LogP contribution in [0.4, 0.5) is 0 Å². The summed E-state index contributed by atoms with van der Waals surface area (Å²) in [7, 11) is 1.23. The molecule has 0 radical (unpaired) electrons. The van der Waals surface area contributed by atoms with Crippen LogP contribution in [-0.4, -0.2) is 24.2 Å². The van der Waals surface area contributed by atoms with Gasteiger partial charge < -0.3 is 9.84 Å². The Kier molecular flexibility index (Phi) is 3.67. The maximum atomic E-state index is 10.8. The van der Waals surface area contributed by atoms with Crippen molar-refractivity contribution in [3.05, 3.63) is 34.9 Å². The Morgan fingerprint density at radius 1 is 1.38 bits per heavy atom. The molecule has 0 saturated heterocycles. The molecule has 0 atom stereocenters. The van der Waals surface area contributed by atoms with Gasteiger partial charge in [-0.1, -0.05) is 12.0 Å². The fourth-order valence-corrected chi connectivity index (χ4v) is 1.10. The summed E-state index contributed by atoms with van der Waals surface area (Å²) in [5.41, 5.74) is 1.29. The number of carboxylic acid groups (broad SMARTS) is 1. The Bertz CT molecular complexity index is 491. The third kappa shape index (κ3) is 2.85. The summed E-state index contributed by atoms with van der Waals surface area (Å²) in [6.45, 7) is 1.70. The molecule has 0 saturated carbocycles. The number of esters is 1. The minimum absolute atomic E-state index is 0.177. The van der Waals surface area contributed by atoms with Gasteiger partial charge in [0.2, 0.25) is 0 Å². The van der Waals surface area contributed by atoms with E-state index in [0.29, 0.717) is 11.1 Å². The van der Waals surface area contributed by atoms with Crippen molar-refractivity contribution in [3.63, 3.8) is 0 Å². The monoisotopic (exact) mass is 218 g/mol. The number of aromatic carboxylic acids is 1. The first kappa shape index (κ1) is 11.8. The highest BCUT2D eigenvalue weighted by Crippen LogP contribution is 2.10. The van der Waals surface area contributed by atoms with E-state index in [1.54, 1.807) is 19.1 Å². The number of carbonyl (C=O) groups is 2. The molecule has 0 spiro atoms. The van der Waals surface area contributed by atoms with Crippen LogP contribution in [0.2, 0.25) is 0 Å². The summed E-state index contributed by atoms with van der Waals surface area (Å²) in [6.07, 6.45) is 0. The van der Waals surface area contributed by atoms with Gasteiger partial charge in [-0.15, -0.1) is 0 Å². The highest BCUT2D eigenvalue weighted by Gasteiger charge is 2.06. The highest BCUT2D eigenvalue weighted by atomic mass is 16.5. The lowest BCUT2D eigenvalue weighted by molar-refractivity contribution is -0.133. The number of carbonyl (C=O) groups excluding carboxylic acids is 1. The molecule has 1 aromatic rings. The molecule has 4 heteroatoms. The number of rotatable bonds is 1. The van der Waals surface area contributed by atoms with E-state index in [1.165, 1.54) is 13.2 Å². The second-order valence-corrected chi connectivity index (χ2v) is 3.08. The standard InChI is InChI=1S/C12H10O4/c1-8-3-4-9(5-6-11(13)16-2)7-10(8)12(14)15/h3-4,7H,1-2H3,(H,14,15). The predicted octanol–water partition coefficient (Wildman–Crippen LogP) is 1.22. The molecule has 1 rings (SSSR count). The van der Waals surface area contributed by atoms with Crippen molar-refractivity contribution in [2.45, 2.75) is 6.92 Å². The quantitative estimate of drug-likeness (QED) is 0.568. The van der Waals surface area contributed by atoms with Crippen molar-refractivity contribution in [2.24, 2.45) is 0 Å². The van der Waals surface area contributed by atoms with E-state index in [-0.39, 0.29) is 5.56 Å². The van der Waals surface area contributed by atoms with E-state index in [0.717, 1.165) is 0 Å². The van der Waals surface area contributed by atoms with Crippen LogP contribution in [0.25, 0.3) is 0 Å². The Morgan fingerprint density at radius 3 is 2.62 bits per heavy atom. The van der Waals surface area contributed by atoms with Gasteiger partial charge in [-0.3, -0.25) is 0 Å². The van der Waals surface area contributed by atoms with E-state index >= 15 is 0 Å². The molecule has 0 aromatic heterocycles. The van der Waals surface area contributed by atoms with Crippen LogP contribution in [0.3, 0.4) is 0 Å². The van der Waals surface area contributed by atoms with E-state index < -0.39 is 11.9 Å². The van der Waals surface area contributed by atoms with Crippen molar-refractivity contribution in [1.82, 2.24) is 0 Å². The number of carboxylic acids is 1. The molecule has 0 aliphatic carbocycles. The number of hydrogen-bond donors (Lipinski definition) is 1. The van der Waals surface area contributed by atoms with Crippen LogP contribution >= 0.6 is 0 Å². The number of benzene rings is 1. The first-order valence-electron chi connectivity index (χ1n) is 4.48. The van der Waals surface area contributed by atoms with Crippen molar-refractivity contribution in [3.8, 4) is 11.8 Å². The van der Waals surface area contributed by atoms with Crippen molar-refractivity contribution in [1.29, 1.82) is 0 Å². The normalized spacial score (nSPS) is 8.88. The van der Waals surface area contributed by atoms with Crippen molar-refractivity contribution in [2.75, 3.05) is 7.11 Å². The minimum Gasteiger partial charge on any atom is -0.478 e. The molecule has 0 heterocycles. The first-order valence-corrected chi connectivity index (χ1v) is 4.48. The maximum absolute atomic E-state index is 10.8. The lowest BCUT2D eigenvalue weighted by Gasteiger charge is -2.00. The second-order valence-electron chi connectivity index (χ2n) is 3.08. The second kappa shape index (κ2) is 4.99. The summed E-state index contributed by atoms with van der Waals surface area (Å²) in [4.78, 5) is 21.6. The fourth-order valence-electron chi connectivity index (χ4n) is 1.10. The topological polar surface area (TPSA) is 63.6 Å². The van der Waals surface area contributed by atoms with Gasteiger partial charge in [0, 0.05) is 11.5 Å². The molecule has 4 nitrogen and oxygen atoms in total. The van der Waals surface area contributed by atoms with Crippen LogP contribution in [0.15, 0.2) is 18.2 Å². The molecule has 0 amide bonds. The molecular weight excluding hydrogens is 208 g/mol. The van der Waals surface area contributed by atoms with Crippen molar-refractivity contribution >= 4 is 11.9 Å². The molecule has 0 bridgehead atoms. The van der Waals surface area contributed by atoms with Crippen LogP contribution < -0.4 is 0 Å². The Morgan fingerprint density at radius 2 is 2.06 bits per heavy atom. The van der Waals surface area contributed by atoms with Gasteiger partial charge in [0.1, 0.15) is 0 Å². The highest BCUT2D eigenvalue weighted by molar-refractivity contribution is 5.91. The number of ether oxygens (including phenoxy) is 1. The predicted molar refractivity (Wildman–Crippen MR) is 57.0 cm³/mol. The summed E-state index contributed by atoms with van der Waals surface area (Å²) < 4.78 is 4.34. The molecule has 16 heavy (non-hydrogen) atoms. The zero-order chi connectivity index (χ0) is 12.1. The van der Waals surface area contributed by atoms with Gasteiger partial charge in [0.05, 0.1) is 12.7 Å². The minimum atomic E-state index is -1.01. The van der Waals surface area contributed by atoms with Crippen LogP contribution in [0.1, 0.15) is 21.5 Å². The van der Waals surface area contributed by atoms with E-state index in [2.05, 4.69) is 16.6 Å². The smallest absolute Gasteiger partial charge is 0.384 e. The van der Waals surface area contributed by atoms with E-state index in [4.69, 9.17) is 5.11 Å². The molecule has 0 unspecified atom stereocenters. The van der Waals surface area contributed by atoms with Crippen LogP contribution in [-0.2, 0) is 9.53 Å². The molecular formula is C12H10O4. The summed E-state index contributed by atoms with van der Waals surface area (Å²) in [6, 6.07) is 4.72. The Labute approximate surface area is 92.9 Å². The van der Waals surface area contributed by atoms with Gasteiger partial charge in [-0.05, 0) is 24.6 Å². The molecule has 1 aromatic carbocycles. The Hall–Kier alpha value is -2.28. The van der Waals surface area contributed by atoms with E-state index in [1.807, 2.05) is 0 Å². The third-order valence-electron chi connectivity index (χ3n) is 1.96. The van der Waals surface area contributed by atoms with E-state index in [9.17, 15) is 9.59 Å². The summed E-state index contributed by atoms with van der Waals surface area (Å²) >= 11 is 0. The molecule has 0 fully saturated rings. The number of aryl methyl sites for hydroxylation is 1. The van der Waals surface area contributed by atoms with Crippen molar-refractivity contribution < 1.29 is 19.4 Å². The average Bonchev–Trinajstić information content (AvgIpc) is 2.27. The lowest BCUT2D eigenvalue weighted by atomic mass is 10.1. The molecule has 1 N–H and O–H groups in total. The SMILES string of the molecule is COC(=O)C#Cc1ccc(C)c(C(=O)O)c1. The number of hydrogen-bond acceptors (Lipinski definition) is 3. The molecule has 82 valence electrons. The molecule has 0 aliphatic rings. The first-order chi connectivity index (χ1) is 7.54. The van der Waals surface area contributed by atoms with Gasteiger partial charge in [0.25, 0.3) is 0 Å². The average molecular weight is 218 g/mol. The van der Waals surface area contributed by atoms with Gasteiger partial charge in [-0.25, -0.2) is 9.59 Å². The fraction of sp³-hybridized carbons (Fsp3) is 0.167. The lowest BCUT2D eigenvalue weighted by Crippen LogP contribution is -2.00. The van der Waals surface area contributed by atoms with Crippen LogP contribution in [0.5, 0.6) is 0 Å². The summed E-state index contributed by atoms with van der Waals surface area (Å²) in [5, 5.41) is 8.87. The summed E-state index contributed by atoms with van der Waals surface area (Å²) in [5.74, 6) is 3.09. The van der Waals surface area contributed by atoms with Crippen LogP contribution in [0, 0.1) is 18.8 Å². The zero-order valence-corrected chi connectivity index (χ0v) is 8.90. The Balaban J connectivity index is 3.07. The maximum Gasteiger partial charge on any atom is 0.384 e. The largest absolute Gasteiger partial charge is 0.478 e. The van der Waals surface area contributed by atoms with Gasteiger partial charge >= 0.3 is 11.9 Å². The number of methoxy groups -OCH3 is 1.